The third-order valence-electron chi connectivity index (χ3n) is 4.61. The Morgan fingerprint density at radius 1 is 1.03 bits per heavy atom. The van der Waals surface area contributed by atoms with Crippen LogP contribution in [0.2, 0.25) is 0 Å². The van der Waals surface area contributed by atoms with Crippen LogP contribution in [0, 0.1) is 5.92 Å². The summed E-state index contributed by atoms with van der Waals surface area (Å²) in [6.07, 6.45) is 0.718. The molecule has 1 heterocycles. The molecule has 0 aliphatic rings. The van der Waals surface area contributed by atoms with Crippen LogP contribution in [0.1, 0.15) is 20.3 Å². The van der Waals surface area contributed by atoms with Crippen molar-refractivity contribution in [2.24, 2.45) is 5.92 Å². The Morgan fingerprint density at radius 3 is 2.45 bits per heavy atom. The van der Waals surface area contributed by atoms with Gasteiger partial charge in [-0.25, -0.2) is 4.79 Å². The molecule has 7 nitrogen and oxygen atoms in total. The Bertz CT molecular complexity index is 1060. The van der Waals surface area contributed by atoms with Gasteiger partial charge in [0.25, 0.3) is 0 Å². The summed E-state index contributed by atoms with van der Waals surface area (Å²) in [7, 11) is 0. The normalized spacial score (nSPS) is 12.6. The van der Waals surface area contributed by atoms with Gasteiger partial charge in [0, 0.05) is 20.2 Å². The fraction of sp³-hybridized carbons (Fsp3) is 0.238. The second-order valence-electron chi connectivity index (χ2n) is 6.88. The largest absolute Gasteiger partial charge is 0.326 e. The number of hydrogen-bond acceptors (Lipinski definition) is 5. The molecule has 2 atom stereocenters. The Kier molecular flexibility index (Phi) is 8.16. The van der Waals surface area contributed by atoms with Gasteiger partial charge >= 0.3 is 6.03 Å². The van der Waals surface area contributed by atoms with E-state index >= 15 is 0 Å². The van der Waals surface area contributed by atoms with Crippen LogP contribution >= 0.6 is 43.2 Å². The quantitative estimate of drug-likeness (QED) is 0.331. The highest BCUT2D eigenvalue weighted by molar-refractivity contribution is 9.10. The van der Waals surface area contributed by atoms with E-state index in [4.69, 9.17) is 0 Å². The maximum Gasteiger partial charge on any atom is 0.319 e. The lowest BCUT2D eigenvalue weighted by molar-refractivity contribution is -0.119. The third-order valence-corrected chi connectivity index (χ3v) is 6.52. The van der Waals surface area contributed by atoms with E-state index in [1.807, 2.05) is 50.2 Å². The second-order valence-corrected chi connectivity index (χ2v) is 9.69. The molecular weight excluding hydrogens is 546 g/mol. The molecule has 2 aromatic carbocycles. The van der Waals surface area contributed by atoms with E-state index in [0.717, 1.165) is 20.9 Å². The zero-order valence-corrected chi connectivity index (χ0v) is 20.8. The molecular formula is C21H21Br2N5O2S. The second kappa shape index (κ2) is 10.8. The first-order valence-electron chi connectivity index (χ1n) is 9.59. The number of nitrogens with one attached hydrogen (secondary N) is 3. The summed E-state index contributed by atoms with van der Waals surface area (Å²) in [5, 5.41) is 17.6. The van der Waals surface area contributed by atoms with Gasteiger partial charge in [0.15, 0.2) is 0 Å². The van der Waals surface area contributed by atoms with Gasteiger partial charge in [-0.3, -0.25) is 10.1 Å². The van der Waals surface area contributed by atoms with Crippen molar-refractivity contribution in [1.82, 2.24) is 15.5 Å². The van der Waals surface area contributed by atoms with Crippen molar-refractivity contribution in [3.8, 4) is 10.6 Å². The first kappa shape index (κ1) is 23.4. The molecule has 0 bridgehead atoms. The minimum Gasteiger partial charge on any atom is -0.326 e. The molecule has 0 saturated heterocycles. The first-order valence-corrected chi connectivity index (χ1v) is 12.0. The summed E-state index contributed by atoms with van der Waals surface area (Å²) in [5.41, 5.74) is 1.53. The summed E-state index contributed by atoms with van der Waals surface area (Å²) >= 11 is 8.05. The van der Waals surface area contributed by atoms with Gasteiger partial charge in [0.05, 0.1) is 0 Å². The van der Waals surface area contributed by atoms with Crippen molar-refractivity contribution in [3.05, 3.63) is 57.5 Å². The molecule has 0 spiro atoms. The third kappa shape index (κ3) is 6.59. The van der Waals surface area contributed by atoms with Crippen molar-refractivity contribution in [3.63, 3.8) is 0 Å². The monoisotopic (exact) mass is 565 g/mol. The minimum absolute atomic E-state index is 0.0767. The van der Waals surface area contributed by atoms with Crippen LogP contribution in [0.5, 0.6) is 0 Å². The number of urea groups is 1. The molecule has 31 heavy (non-hydrogen) atoms. The van der Waals surface area contributed by atoms with Crippen LogP contribution in [-0.2, 0) is 4.79 Å². The topological polar surface area (TPSA) is 96.0 Å². The zero-order valence-electron chi connectivity index (χ0n) is 16.9. The van der Waals surface area contributed by atoms with Crippen molar-refractivity contribution >= 4 is 66.0 Å². The van der Waals surface area contributed by atoms with Crippen LogP contribution in [0.25, 0.3) is 10.6 Å². The lowest BCUT2D eigenvalue weighted by Crippen LogP contribution is -2.49. The standard InChI is InChI=1S/C21H21Br2N5O2S/c1-3-12(2)17(25-20(30)24-16-6-4-5-15(23)11-16)18(29)26-21-28-27-19(31-21)13-7-9-14(22)10-8-13/h4-12,17H,3H2,1-2H3,(H2,24,25,30)(H,26,28,29). The van der Waals surface area contributed by atoms with Crippen LogP contribution in [0.4, 0.5) is 15.6 Å². The van der Waals surface area contributed by atoms with Crippen molar-refractivity contribution in [2.45, 2.75) is 26.3 Å². The number of carbonyl (C=O) groups excluding carboxylic acids is 2. The van der Waals surface area contributed by atoms with Gasteiger partial charge in [-0.05, 0) is 36.2 Å². The highest BCUT2D eigenvalue weighted by Gasteiger charge is 2.27. The lowest BCUT2D eigenvalue weighted by Gasteiger charge is -2.23. The first-order chi connectivity index (χ1) is 14.9. The number of anilines is 2. The van der Waals surface area contributed by atoms with E-state index in [-0.39, 0.29) is 11.8 Å². The molecule has 3 N–H and O–H groups in total. The predicted octanol–water partition coefficient (Wildman–Crippen LogP) is 5.91. The average Bonchev–Trinajstić information content (AvgIpc) is 3.20. The van der Waals surface area contributed by atoms with Crippen molar-refractivity contribution in [1.29, 1.82) is 0 Å². The number of benzene rings is 2. The Morgan fingerprint density at radius 2 is 1.77 bits per heavy atom. The van der Waals surface area contributed by atoms with E-state index in [9.17, 15) is 9.59 Å². The highest BCUT2D eigenvalue weighted by atomic mass is 79.9. The summed E-state index contributed by atoms with van der Waals surface area (Å²) < 4.78 is 1.82. The van der Waals surface area contributed by atoms with E-state index in [1.54, 1.807) is 12.1 Å². The Hall–Kier alpha value is -2.30. The van der Waals surface area contributed by atoms with Crippen LogP contribution in [0.3, 0.4) is 0 Å². The van der Waals surface area contributed by atoms with Gasteiger partial charge < -0.3 is 10.6 Å². The van der Waals surface area contributed by atoms with Crippen LogP contribution in [-0.4, -0.2) is 28.2 Å². The van der Waals surface area contributed by atoms with Gasteiger partial charge in [-0.2, -0.15) is 0 Å². The molecule has 3 rings (SSSR count). The SMILES string of the molecule is CCC(C)C(NC(=O)Nc1cccc(Br)c1)C(=O)Nc1nnc(-c2ccc(Br)cc2)s1. The number of rotatable bonds is 7. The smallest absolute Gasteiger partial charge is 0.319 e. The molecule has 3 aromatic rings. The summed E-state index contributed by atoms with van der Waals surface area (Å²) in [5.74, 6) is -0.413. The van der Waals surface area contributed by atoms with Gasteiger partial charge in [-0.15, -0.1) is 10.2 Å². The van der Waals surface area contributed by atoms with Gasteiger partial charge in [0.2, 0.25) is 11.0 Å². The van der Waals surface area contributed by atoms with E-state index < -0.39 is 12.1 Å². The average molecular weight is 567 g/mol. The fourth-order valence-corrected chi connectivity index (χ4v) is 4.16. The molecule has 0 radical (unpaired) electrons. The van der Waals surface area contributed by atoms with Crippen molar-refractivity contribution < 1.29 is 9.59 Å². The fourth-order valence-electron chi connectivity index (χ4n) is 2.74. The number of aromatic nitrogens is 2. The molecule has 10 heteroatoms. The van der Waals surface area contributed by atoms with Crippen LogP contribution in [0.15, 0.2) is 57.5 Å². The van der Waals surface area contributed by atoms with Gasteiger partial charge in [0.1, 0.15) is 11.0 Å². The molecule has 3 amide bonds. The summed E-state index contributed by atoms with van der Waals surface area (Å²) in [4.78, 5) is 25.4. The highest BCUT2D eigenvalue weighted by Crippen LogP contribution is 2.27. The Labute approximate surface area is 201 Å². The lowest BCUT2D eigenvalue weighted by atomic mass is 9.98. The van der Waals surface area contributed by atoms with E-state index in [2.05, 4.69) is 58.0 Å². The van der Waals surface area contributed by atoms with E-state index in [0.29, 0.717) is 15.8 Å². The molecule has 0 aliphatic carbocycles. The molecule has 162 valence electrons. The number of amides is 3. The predicted molar refractivity (Wildman–Crippen MR) is 131 cm³/mol. The van der Waals surface area contributed by atoms with Gasteiger partial charge in [-0.1, -0.05) is 81.7 Å². The number of nitrogens with zero attached hydrogens (tertiary/aromatic N) is 2. The zero-order chi connectivity index (χ0) is 22.4. The molecule has 2 unspecified atom stereocenters. The van der Waals surface area contributed by atoms with E-state index in [1.165, 1.54) is 11.3 Å². The molecule has 0 fully saturated rings. The summed E-state index contributed by atoms with van der Waals surface area (Å²) in [6, 6.07) is 13.7. The number of hydrogen-bond donors (Lipinski definition) is 3. The Balaban J connectivity index is 1.67. The maximum atomic E-state index is 12.9. The molecule has 0 aliphatic heterocycles. The van der Waals surface area contributed by atoms with Crippen LogP contribution < -0.4 is 16.0 Å². The summed E-state index contributed by atoms with van der Waals surface area (Å²) in [6.45, 7) is 3.88. The maximum absolute atomic E-state index is 12.9. The molecule has 0 saturated carbocycles. The van der Waals surface area contributed by atoms with Crippen molar-refractivity contribution in [2.75, 3.05) is 10.6 Å². The minimum atomic E-state index is -0.725. The number of halogens is 2. The number of carbonyl (C=O) groups is 2. The molecule has 1 aromatic heterocycles.